The Balaban J connectivity index is 0.000000233. The summed E-state index contributed by atoms with van der Waals surface area (Å²) in [4.78, 5) is 4.08. The van der Waals surface area contributed by atoms with Crippen molar-refractivity contribution in [3.8, 4) is 0 Å². The molecule has 0 nitrogen and oxygen atoms in total. The summed E-state index contributed by atoms with van der Waals surface area (Å²) in [5.41, 5.74) is 3.37. The molecule has 220 valence electrons. The molecule has 0 N–H and O–H groups in total. The van der Waals surface area contributed by atoms with Crippen molar-refractivity contribution in [1.29, 1.82) is 0 Å². The lowest BCUT2D eigenvalue weighted by Gasteiger charge is -2.18. The molecular formula is C39H45I2S+. The largest absolute Gasteiger partial charge is 0.166 e. The van der Waals surface area contributed by atoms with Crippen molar-refractivity contribution in [3.63, 3.8) is 0 Å². The van der Waals surface area contributed by atoms with E-state index in [9.17, 15) is 0 Å². The minimum atomic E-state index is -0.0146. The molecule has 0 amide bonds. The van der Waals surface area contributed by atoms with Gasteiger partial charge in [-0.05, 0) is 128 Å². The molecular weight excluding hydrogens is 754 g/mol. The molecule has 5 aromatic rings. The molecule has 0 bridgehead atoms. The maximum Gasteiger partial charge on any atom is 0.166 e. The summed E-state index contributed by atoms with van der Waals surface area (Å²) in [6.07, 6.45) is 0. The van der Waals surface area contributed by atoms with Crippen LogP contribution in [0.5, 0.6) is 0 Å². The second-order valence-corrected chi connectivity index (χ2v) is 16.3. The molecule has 0 saturated heterocycles. The molecule has 0 aliphatic rings. The highest BCUT2D eigenvalue weighted by molar-refractivity contribution is 14.1. The zero-order chi connectivity index (χ0) is 29.9. The highest BCUT2D eigenvalue weighted by Crippen LogP contribution is 2.30. The second-order valence-electron chi connectivity index (χ2n) is 11.8. The highest BCUT2D eigenvalue weighted by atomic mass is 127. The van der Waals surface area contributed by atoms with E-state index in [0.29, 0.717) is 0 Å². The second kappa shape index (κ2) is 17.3. The summed E-state index contributed by atoms with van der Waals surface area (Å²) in [5, 5.41) is 0. The lowest BCUT2D eigenvalue weighted by Crippen LogP contribution is -2.10. The molecule has 0 atom stereocenters. The van der Waals surface area contributed by atoms with Crippen LogP contribution < -0.4 is 0 Å². The van der Waals surface area contributed by atoms with Gasteiger partial charge in [0.25, 0.3) is 0 Å². The standard InChI is InChI=1S/C18H15S.2C10H13I.CH4/c1-4-10-16(11-5-1)19(17-12-6-2-7-13-17)18-14-8-3-9-15-18;2*1-10(2,3)8-4-6-9(11)7-5-8;/h1-15H;2*4-7H,1-3H3;1H4/q+1;;;. The van der Waals surface area contributed by atoms with Crippen LogP contribution in [0.3, 0.4) is 0 Å². The van der Waals surface area contributed by atoms with Gasteiger partial charge >= 0.3 is 0 Å². The molecule has 5 rings (SSSR count). The van der Waals surface area contributed by atoms with Crippen molar-refractivity contribution >= 4 is 56.1 Å². The smallest absolute Gasteiger partial charge is 0.0776 e. The first-order valence-corrected chi connectivity index (χ1v) is 17.2. The third-order valence-corrected chi connectivity index (χ3v) is 10.0. The molecule has 0 unspecified atom stereocenters. The van der Waals surface area contributed by atoms with Crippen molar-refractivity contribution in [2.45, 2.75) is 74.5 Å². The summed E-state index contributed by atoms with van der Waals surface area (Å²) in [5.74, 6) is 0. The average molecular weight is 800 g/mol. The first-order chi connectivity index (χ1) is 19.4. The minimum Gasteiger partial charge on any atom is -0.0776 e. The predicted molar refractivity (Wildman–Crippen MR) is 204 cm³/mol. The van der Waals surface area contributed by atoms with E-state index in [1.165, 1.54) is 33.0 Å². The summed E-state index contributed by atoms with van der Waals surface area (Å²) in [7, 11) is -0.0146. The fraction of sp³-hybridized carbons (Fsp3) is 0.231. The zero-order valence-corrected chi connectivity index (χ0v) is 30.1. The Kier molecular flexibility index (Phi) is 14.8. The molecule has 0 spiro atoms. The molecule has 0 aromatic heterocycles. The van der Waals surface area contributed by atoms with Crippen LogP contribution in [0.2, 0.25) is 0 Å². The van der Waals surface area contributed by atoms with Gasteiger partial charge in [0.2, 0.25) is 0 Å². The van der Waals surface area contributed by atoms with E-state index in [4.69, 9.17) is 0 Å². The highest BCUT2D eigenvalue weighted by Gasteiger charge is 2.27. The zero-order valence-electron chi connectivity index (χ0n) is 24.9. The van der Waals surface area contributed by atoms with Gasteiger partial charge in [-0.1, -0.05) is 128 Å². The molecule has 0 aliphatic heterocycles. The Morgan fingerprint density at radius 3 is 0.833 bits per heavy atom. The van der Waals surface area contributed by atoms with Crippen molar-refractivity contribution in [3.05, 3.63) is 158 Å². The first kappa shape index (κ1) is 36.1. The van der Waals surface area contributed by atoms with E-state index in [-0.39, 0.29) is 29.2 Å². The van der Waals surface area contributed by atoms with Gasteiger partial charge in [0.1, 0.15) is 0 Å². The van der Waals surface area contributed by atoms with E-state index in [2.05, 4.69) is 226 Å². The first-order valence-electron chi connectivity index (χ1n) is 13.9. The van der Waals surface area contributed by atoms with E-state index < -0.39 is 0 Å². The Labute approximate surface area is 286 Å². The Morgan fingerprint density at radius 1 is 0.381 bits per heavy atom. The normalized spacial score (nSPS) is 10.9. The van der Waals surface area contributed by atoms with Crippen LogP contribution in [0, 0.1) is 7.14 Å². The molecule has 3 heteroatoms. The third kappa shape index (κ3) is 11.9. The maximum atomic E-state index is 2.32. The Hall–Kier alpha value is -2.09. The van der Waals surface area contributed by atoms with Gasteiger partial charge in [-0.3, -0.25) is 0 Å². The van der Waals surface area contributed by atoms with E-state index in [1.54, 1.807) is 0 Å². The van der Waals surface area contributed by atoms with Gasteiger partial charge in [0.15, 0.2) is 14.7 Å². The Bertz CT molecular complexity index is 1270. The maximum absolute atomic E-state index is 2.32. The number of hydrogen-bond acceptors (Lipinski definition) is 0. The van der Waals surface area contributed by atoms with E-state index >= 15 is 0 Å². The van der Waals surface area contributed by atoms with Crippen molar-refractivity contribution in [1.82, 2.24) is 0 Å². The van der Waals surface area contributed by atoms with Crippen molar-refractivity contribution in [2.24, 2.45) is 0 Å². The van der Waals surface area contributed by atoms with Crippen LogP contribution in [-0.4, -0.2) is 0 Å². The van der Waals surface area contributed by atoms with E-state index in [0.717, 1.165) is 0 Å². The summed E-state index contributed by atoms with van der Waals surface area (Å²) in [6.45, 7) is 13.4. The van der Waals surface area contributed by atoms with Crippen LogP contribution in [0.25, 0.3) is 0 Å². The van der Waals surface area contributed by atoms with Gasteiger partial charge < -0.3 is 0 Å². The fourth-order valence-corrected chi connectivity index (χ4v) is 6.80. The van der Waals surface area contributed by atoms with Crippen molar-refractivity contribution in [2.75, 3.05) is 0 Å². The fourth-order valence-electron chi connectivity index (χ4n) is 3.98. The quantitative estimate of drug-likeness (QED) is 0.126. The SMILES string of the molecule is C.CC(C)(C)c1ccc(I)cc1.CC(C)(C)c1ccc(I)cc1.c1ccc([S+](c2ccccc2)c2ccccc2)cc1. The molecule has 5 aromatic carbocycles. The predicted octanol–water partition coefficient (Wildman–Crippen LogP) is 12.6. The van der Waals surface area contributed by atoms with Crippen LogP contribution >= 0.6 is 45.2 Å². The van der Waals surface area contributed by atoms with Gasteiger partial charge in [-0.2, -0.15) is 0 Å². The topological polar surface area (TPSA) is 0 Å². The molecule has 0 radical (unpaired) electrons. The Morgan fingerprint density at radius 2 is 0.619 bits per heavy atom. The van der Waals surface area contributed by atoms with Crippen LogP contribution in [0.4, 0.5) is 0 Å². The van der Waals surface area contributed by atoms with Crippen LogP contribution in [0.1, 0.15) is 60.1 Å². The lowest BCUT2D eigenvalue weighted by molar-refractivity contribution is 0.590. The van der Waals surface area contributed by atoms with Crippen LogP contribution in [-0.2, 0) is 21.7 Å². The number of hydrogen-bond donors (Lipinski definition) is 0. The summed E-state index contributed by atoms with van der Waals surface area (Å²) in [6, 6.07) is 49.6. The van der Waals surface area contributed by atoms with E-state index in [1.807, 2.05) is 0 Å². The molecule has 0 aliphatic carbocycles. The van der Waals surface area contributed by atoms with Crippen LogP contribution in [0.15, 0.2) is 154 Å². The average Bonchev–Trinajstić information content (AvgIpc) is 2.95. The number of halogens is 2. The van der Waals surface area contributed by atoms with Gasteiger partial charge in [-0.25, -0.2) is 0 Å². The number of benzene rings is 5. The lowest BCUT2D eigenvalue weighted by atomic mass is 9.87. The van der Waals surface area contributed by atoms with Crippen molar-refractivity contribution < 1.29 is 0 Å². The van der Waals surface area contributed by atoms with Gasteiger partial charge in [0.05, 0.1) is 10.9 Å². The molecule has 42 heavy (non-hydrogen) atoms. The van der Waals surface area contributed by atoms with Gasteiger partial charge in [-0.15, -0.1) is 0 Å². The molecule has 0 fully saturated rings. The minimum absolute atomic E-state index is 0. The van der Waals surface area contributed by atoms with Gasteiger partial charge in [0, 0.05) is 7.14 Å². The molecule has 0 saturated carbocycles. The summed E-state index contributed by atoms with van der Waals surface area (Å²) < 4.78 is 2.60. The number of rotatable bonds is 3. The molecule has 0 heterocycles. The summed E-state index contributed by atoms with van der Waals surface area (Å²) >= 11 is 4.65. The monoisotopic (exact) mass is 799 g/mol. The third-order valence-electron chi connectivity index (χ3n) is 6.36.